The van der Waals surface area contributed by atoms with E-state index in [0.717, 1.165) is 33.0 Å². The van der Waals surface area contributed by atoms with Gasteiger partial charge in [-0.1, -0.05) is 35.9 Å². The molecule has 0 fully saturated rings. The van der Waals surface area contributed by atoms with Gasteiger partial charge in [-0.2, -0.15) is 0 Å². The fraction of sp³-hybridized carbons (Fsp3) is 0.160. The van der Waals surface area contributed by atoms with Crippen LogP contribution in [0.4, 0.5) is 10.8 Å². The third kappa shape index (κ3) is 4.98. The molecule has 1 unspecified atom stereocenters. The Kier molecular flexibility index (Phi) is 7.00. The van der Waals surface area contributed by atoms with Crippen LogP contribution in [-0.4, -0.2) is 19.1 Å². The Labute approximate surface area is 205 Å². The highest BCUT2D eigenvalue weighted by atomic mass is 35.5. The van der Waals surface area contributed by atoms with Crippen molar-refractivity contribution in [3.8, 4) is 21.9 Å². The van der Waals surface area contributed by atoms with Crippen LogP contribution in [0.15, 0.2) is 66.7 Å². The van der Waals surface area contributed by atoms with E-state index in [1.807, 2.05) is 48.5 Å². The Morgan fingerprint density at radius 3 is 2.38 bits per heavy atom. The number of nitrogens with two attached hydrogens (primary N) is 1. The number of nitro groups is 1. The van der Waals surface area contributed by atoms with Gasteiger partial charge in [0.1, 0.15) is 17.2 Å². The summed E-state index contributed by atoms with van der Waals surface area (Å²) in [5, 5.41) is 12.6. The van der Waals surface area contributed by atoms with Crippen molar-refractivity contribution in [3.05, 3.63) is 98.7 Å². The molecule has 0 aliphatic heterocycles. The maximum Gasteiger partial charge on any atom is 0.330 e. The fourth-order valence-corrected chi connectivity index (χ4v) is 4.99. The molecule has 4 aromatic rings. The molecule has 0 amide bonds. The van der Waals surface area contributed by atoms with E-state index in [0.29, 0.717) is 22.3 Å². The first-order valence-electron chi connectivity index (χ1n) is 10.4. The predicted molar refractivity (Wildman–Crippen MR) is 134 cm³/mol. The number of methoxy groups -OCH3 is 2. The summed E-state index contributed by atoms with van der Waals surface area (Å²) in [4.78, 5) is 15.3. The smallest absolute Gasteiger partial charge is 0.330 e. The summed E-state index contributed by atoms with van der Waals surface area (Å²) in [6.07, 6.45) is 0.449. The molecule has 34 heavy (non-hydrogen) atoms. The molecule has 0 bridgehead atoms. The lowest BCUT2D eigenvalue weighted by Crippen LogP contribution is -2.18. The normalized spacial score (nSPS) is 11.7. The van der Waals surface area contributed by atoms with Gasteiger partial charge in [0.15, 0.2) is 0 Å². The van der Waals surface area contributed by atoms with E-state index in [1.165, 1.54) is 17.4 Å². The number of H-pyrrole nitrogens is 1. The predicted octanol–water partition coefficient (Wildman–Crippen LogP) is 5.76. The number of ether oxygens (including phenoxy) is 2. The minimum Gasteiger partial charge on any atom is -0.497 e. The van der Waals surface area contributed by atoms with Crippen LogP contribution in [0.5, 0.6) is 11.5 Å². The molecule has 0 saturated heterocycles. The summed E-state index contributed by atoms with van der Waals surface area (Å²) in [5.41, 5.74) is 9.83. The minimum atomic E-state index is -0.404. The van der Waals surface area contributed by atoms with Crippen molar-refractivity contribution >= 4 is 33.8 Å². The molecule has 1 heterocycles. The van der Waals surface area contributed by atoms with Gasteiger partial charge in [-0.05, 0) is 59.2 Å². The summed E-state index contributed by atoms with van der Waals surface area (Å²) in [6.45, 7) is 0. The molecule has 4 rings (SSSR count). The lowest BCUT2D eigenvalue weighted by Gasteiger charge is -2.18. The lowest BCUT2D eigenvalue weighted by molar-refractivity contribution is -0.385. The number of halogens is 1. The summed E-state index contributed by atoms with van der Waals surface area (Å²) >= 11 is 7.55. The third-order valence-corrected chi connectivity index (χ3v) is 6.82. The van der Waals surface area contributed by atoms with Gasteiger partial charge in [0.25, 0.3) is 5.69 Å². The highest BCUT2D eigenvalue weighted by molar-refractivity contribution is 7.18. The maximum atomic E-state index is 11.4. The second-order valence-electron chi connectivity index (χ2n) is 7.62. The van der Waals surface area contributed by atoms with E-state index >= 15 is 0 Å². The van der Waals surface area contributed by atoms with Crippen LogP contribution in [0.25, 0.3) is 10.4 Å². The number of nitrogens with one attached hydrogen (secondary N) is 1. The molecule has 3 N–H and O–H groups in total. The number of benzene rings is 3. The van der Waals surface area contributed by atoms with Crippen molar-refractivity contribution in [1.82, 2.24) is 0 Å². The van der Waals surface area contributed by atoms with Gasteiger partial charge in [0.05, 0.1) is 29.9 Å². The molecule has 0 radical (unpaired) electrons. The number of nitro benzene ring substituents is 1. The van der Waals surface area contributed by atoms with Crippen LogP contribution in [0, 0.1) is 10.1 Å². The lowest BCUT2D eigenvalue weighted by atomic mass is 9.87. The van der Waals surface area contributed by atoms with Crippen molar-refractivity contribution in [1.29, 1.82) is 0 Å². The minimum absolute atomic E-state index is 0.0102. The number of hydrogen-bond donors (Lipinski definition) is 1. The maximum absolute atomic E-state index is 11.4. The fourth-order valence-electron chi connectivity index (χ4n) is 3.92. The Hall–Kier alpha value is -3.62. The topological polar surface area (TPSA) is 102 Å². The van der Waals surface area contributed by atoms with Crippen molar-refractivity contribution in [3.63, 3.8) is 0 Å². The van der Waals surface area contributed by atoms with Crippen LogP contribution in [-0.2, 0) is 6.42 Å². The van der Waals surface area contributed by atoms with Crippen LogP contribution >= 0.6 is 22.9 Å². The van der Waals surface area contributed by atoms with E-state index in [-0.39, 0.29) is 11.6 Å². The number of nitrogen functional groups attached to an aromatic ring is 1. The van der Waals surface area contributed by atoms with Crippen molar-refractivity contribution in [2.45, 2.75) is 12.3 Å². The van der Waals surface area contributed by atoms with E-state index in [9.17, 15) is 10.1 Å². The molecule has 0 aliphatic carbocycles. The van der Waals surface area contributed by atoms with E-state index < -0.39 is 4.92 Å². The van der Waals surface area contributed by atoms with Crippen LogP contribution in [0.2, 0.25) is 5.02 Å². The van der Waals surface area contributed by atoms with Gasteiger partial charge in [-0.25, -0.2) is 4.98 Å². The van der Waals surface area contributed by atoms with Gasteiger partial charge in [0.2, 0.25) is 0 Å². The number of anilines is 1. The SMILES string of the molecule is COc1ccc(C(Cc2cc([N+](=O)[O-])ccc2OC)c2[nH+]c(N)sc2-c2ccc(Cl)cc2)cc1. The van der Waals surface area contributed by atoms with Crippen molar-refractivity contribution in [2.75, 3.05) is 20.0 Å². The second-order valence-corrected chi connectivity index (χ2v) is 9.11. The second kappa shape index (κ2) is 10.1. The number of nitrogens with zero attached hydrogens (tertiary/aromatic N) is 1. The molecule has 9 heteroatoms. The number of aromatic amines is 1. The number of non-ortho nitro benzene ring substituents is 1. The van der Waals surface area contributed by atoms with Crippen LogP contribution < -0.4 is 20.2 Å². The van der Waals surface area contributed by atoms with Gasteiger partial charge < -0.3 is 9.47 Å². The molecule has 0 saturated carbocycles. The first-order valence-corrected chi connectivity index (χ1v) is 11.6. The largest absolute Gasteiger partial charge is 0.497 e. The molecule has 0 aliphatic rings. The highest BCUT2D eigenvalue weighted by Crippen LogP contribution is 2.40. The zero-order chi connectivity index (χ0) is 24.2. The number of hydrogen-bond acceptors (Lipinski definition) is 6. The van der Waals surface area contributed by atoms with E-state index in [2.05, 4.69) is 4.98 Å². The summed E-state index contributed by atoms with van der Waals surface area (Å²) in [5.74, 6) is 1.13. The average Bonchev–Trinajstić information content (AvgIpc) is 3.24. The molecule has 3 aromatic carbocycles. The van der Waals surface area contributed by atoms with Gasteiger partial charge >= 0.3 is 5.13 Å². The molecule has 174 valence electrons. The molecule has 1 aromatic heterocycles. The molecule has 0 spiro atoms. The average molecular weight is 497 g/mol. The standard InChI is InChI=1S/C25H22ClN3O4S/c1-32-20-10-5-15(6-11-20)21(14-17-13-19(29(30)31)9-12-22(17)33-2)23-24(34-25(27)28-23)16-3-7-18(26)8-4-16/h3-13,21H,14H2,1-2H3,(H2,27,28)/p+1. The first-order chi connectivity index (χ1) is 16.4. The molecular formula is C25H23ClN3O4S+. The van der Waals surface area contributed by atoms with E-state index in [4.69, 9.17) is 26.8 Å². The first kappa shape index (κ1) is 23.5. The zero-order valence-electron chi connectivity index (χ0n) is 18.6. The molecular weight excluding hydrogens is 474 g/mol. The zero-order valence-corrected chi connectivity index (χ0v) is 20.2. The number of rotatable bonds is 8. The van der Waals surface area contributed by atoms with Crippen molar-refractivity contribution < 1.29 is 19.4 Å². The summed E-state index contributed by atoms with van der Waals surface area (Å²) < 4.78 is 10.9. The molecule has 1 atom stereocenters. The number of aromatic nitrogens is 1. The number of thiazole rings is 1. The quantitative estimate of drug-likeness (QED) is 0.246. The molecule has 7 nitrogen and oxygen atoms in total. The van der Waals surface area contributed by atoms with Gasteiger partial charge in [0, 0.05) is 22.7 Å². The van der Waals surface area contributed by atoms with Crippen LogP contribution in [0.1, 0.15) is 22.7 Å². The Balaban J connectivity index is 1.86. The summed E-state index contributed by atoms with van der Waals surface area (Å²) in [6, 6.07) is 20.0. The van der Waals surface area contributed by atoms with Gasteiger partial charge in [-0.3, -0.25) is 15.8 Å². The highest BCUT2D eigenvalue weighted by Gasteiger charge is 2.28. The van der Waals surface area contributed by atoms with Crippen molar-refractivity contribution in [2.24, 2.45) is 0 Å². The van der Waals surface area contributed by atoms with Gasteiger partial charge in [-0.15, -0.1) is 0 Å². The Bertz CT molecular complexity index is 1310. The Morgan fingerprint density at radius 2 is 1.76 bits per heavy atom. The summed E-state index contributed by atoms with van der Waals surface area (Å²) in [7, 11) is 3.17. The third-order valence-electron chi connectivity index (χ3n) is 5.59. The Morgan fingerprint density at radius 1 is 1.06 bits per heavy atom. The monoisotopic (exact) mass is 496 g/mol. The van der Waals surface area contributed by atoms with Crippen LogP contribution in [0.3, 0.4) is 0 Å². The van der Waals surface area contributed by atoms with E-state index in [1.54, 1.807) is 26.4 Å².